The minimum Gasteiger partial charge on any atom is -0.287 e. The fourth-order valence-corrected chi connectivity index (χ4v) is 4.55. The van der Waals surface area contributed by atoms with Gasteiger partial charge < -0.3 is 0 Å². The molecular weight excluding hydrogens is 261 g/mol. The van der Waals surface area contributed by atoms with Gasteiger partial charge in [0.25, 0.3) is 0 Å². The lowest BCUT2D eigenvalue weighted by atomic mass is 9.79. The van der Waals surface area contributed by atoms with Gasteiger partial charge in [-0.3, -0.25) is 4.67 Å². The van der Waals surface area contributed by atoms with Crippen LogP contribution in [-0.2, 0) is 0 Å². The average Bonchev–Trinajstić information content (AvgIpc) is 2.82. The number of fused-ring (bicyclic) bond motifs is 3. The van der Waals surface area contributed by atoms with Gasteiger partial charge in [-0.25, -0.2) is 0 Å². The molecule has 1 aliphatic heterocycles. The highest BCUT2D eigenvalue weighted by molar-refractivity contribution is 7.13. The fraction of sp³-hybridized carbons (Fsp3) is 0.333. The maximum Gasteiger partial charge on any atom is 0.0127 e. The van der Waals surface area contributed by atoms with Crippen LogP contribution in [0.2, 0.25) is 0 Å². The number of rotatable bonds is 1. The summed E-state index contributed by atoms with van der Waals surface area (Å²) in [5.74, 6) is 2.06. The van der Waals surface area contributed by atoms with Crippen LogP contribution < -0.4 is 0 Å². The molecule has 2 heteroatoms. The summed E-state index contributed by atoms with van der Waals surface area (Å²) in [5, 5.41) is 0. The molecule has 0 aromatic heterocycles. The van der Waals surface area contributed by atoms with Crippen molar-refractivity contribution in [2.45, 2.75) is 18.3 Å². The molecule has 0 N–H and O–H groups in total. The lowest BCUT2D eigenvalue weighted by molar-refractivity contribution is 0.252. The van der Waals surface area contributed by atoms with Gasteiger partial charge in [-0.2, -0.15) is 0 Å². The standard InChI is InChI=1S/C18H20NP/c20-19-11-10-16-17(12-19)14-8-4-5-9-15(14)18(16)13-6-2-1-3-7-13/h1-9,16-18H,10-12,20H2. The quantitative estimate of drug-likeness (QED) is 0.713. The SMILES string of the molecule is PN1CCC2C(C1)c1ccccc1C2c1ccccc1. The third kappa shape index (κ3) is 1.92. The Balaban J connectivity index is 1.83. The molecule has 1 fully saturated rings. The van der Waals surface area contributed by atoms with E-state index in [9.17, 15) is 0 Å². The molecule has 4 atom stereocenters. The van der Waals surface area contributed by atoms with Crippen LogP contribution in [0, 0.1) is 5.92 Å². The molecule has 0 radical (unpaired) electrons. The van der Waals surface area contributed by atoms with Gasteiger partial charge in [-0.05, 0) is 29.0 Å². The highest BCUT2D eigenvalue weighted by atomic mass is 31.0. The van der Waals surface area contributed by atoms with Crippen molar-refractivity contribution in [3.05, 3.63) is 71.3 Å². The predicted octanol–water partition coefficient (Wildman–Crippen LogP) is 4.03. The lowest BCUT2D eigenvalue weighted by Gasteiger charge is -2.35. The summed E-state index contributed by atoms with van der Waals surface area (Å²) in [7, 11) is 2.89. The van der Waals surface area contributed by atoms with Crippen LogP contribution in [0.5, 0.6) is 0 Å². The van der Waals surface area contributed by atoms with Crippen LogP contribution in [0.1, 0.15) is 34.9 Å². The van der Waals surface area contributed by atoms with Crippen molar-refractivity contribution in [2.75, 3.05) is 13.1 Å². The van der Waals surface area contributed by atoms with E-state index >= 15 is 0 Å². The normalized spacial score (nSPS) is 28.9. The molecule has 4 rings (SSSR count). The van der Waals surface area contributed by atoms with Gasteiger partial charge in [0.15, 0.2) is 0 Å². The molecule has 1 saturated heterocycles. The van der Waals surface area contributed by atoms with Crippen molar-refractivity contribution in [1.29, 1.82) is 0 Å². The van der Waals surface area contributed by atoms with Gasteiger partial charge in [0, 0.05) is 24.9 Å². The van der Waals surface area contributed by atoms with E-state index in [1.165, 1.54) is 25.1 Å². The van der Waals surface area contributed by atoms with Crippen molar-refractivity contribution in [2.24, 2.45) is 5.92 Å². The minimum absolute atomic E-state index is 0.594. The van der Waals surface area contributed by atoms with E-state index in [-0.39, 0.29) is 0 Å². The smallest absolute Gasteiger partial charge is 0.0127 e. The Labute approximate surface area is 123 Å². The zero-order valence-corrected chi connectivity index (χ0v) is 12.7. The van der Waals surface area contributed by atoms with Gasteiger partial charge in [-0.1, -0.05) is 64.0 Å². The first-order valence-corrected chi connectivity index (χ1v) is 7.99. The lowest BCUT2D eigenvalue weighted by Crippen LogP contribution is -2.32. The summed E-state index contributed by atoms with van der Waals surface area (Å²) in [4.78, 5) is 0. The van der Waals surface area contributed by atoms with Crippen molar-refractivity contribution in [3.8, 4) is 0 Å². The average molecular weight is 281 g/mol. The first-order valence-electron chi connectivity index (χ1n) is 7.48. The molecule has 0 spiro atoms. The van der Waals surface area contributed by atoms with Gasteiger partial charge in [0.1, 0.15) is 0 Å². The Bertz CT molecular complexity index is 610. The summed E-state index contributed by atoms with van der Waals surface area (Å²) in [6.45, 7) is 2.37. The number of hydrogen-bond donors (Lipinski definition) is 0. The van der Waals surface area contributed by atoms with E-state index in [0.717, 1.165) is 5.92 Å². The Morgan fingerprint density at radius 1 is 0.900 bits per heavy atom. The van der Waals surface area contributed by atoms with Crippen LogP contribution in [0.25, 0.3) is 0 Å². The van der Waals surface area contributed by atoms with E-state index in [4.69, 9.17) is 0 Å². The Morgan fingerprint density at radius 2 is 1.60 bits per heavy atom. The van der Waals surface area contributed by atoms with Gasteiger partial charge >= 0.3 is 0 Å². The monoisotopic (exact) mass is 281 g/mol. The van der Waals surface area contributed by atoms with Crippen LogP contribution in [0.4, 0.5) is 0 Å². The molecule has 102 valence electrons. The second-order valence-corrected chi connectivity index (χ2v) is 6.80. The minimum atomic E-state index is 0.594. The third-order valence-corrected chi connectivity index (χ3v) is 5.48. The first kappa shape index (κ1) is 12.6. The highest BCUT2D eigenvalue weighted by Gasteiger charge is 2.43. The second-order valence-electron chi connectivity index (χ2n) is 6.07. The van der Waals surface area contributed by atoms with E-state index in [2.05, 4.69) is 68.7 Å². The summed E-state index contributed by atoms with van der Waals surface area (Å²) in [5.41, 5.74) is 4.64. The van der Waals surface area contributed by atoms with Crippen LogP contribution in [0.15, 0.2) is 54.6 Å². The van der Waals surface area contributed by atoms with Crippen molar-refractivity contribution in [1.82, 2.24) is 4.67 Å². The number of benzene rings is 2. The van der Waals surface area contributed by atoms with Crippen LogP contribution in [-0.4, -0.2) is 17.8 Å². The van der Waals surface area contributed by atoms with E-state index < -0.39 is 0 Å². The van der Waals surface area contributed by atoms with Gasteiger partial charge in [-0.15, -0.1) is 0 Å². The zero-order chi connectivity index (χ0) is 13.5. The molecular formula is C18H20NP. The topological polar surface area (TPSA) is 3.24 Å². The Kier molecular flexibility index (Phi) is 3.13. The molecule has 2 aliphatic rings. The second kappa shape index (κ2) is 4.98. The molecule has 2 aromatic carbocycles. The van der Waals surface area contributed by atoms with Crippen LogP contribution >= 0.6 is 9.39 Å². The highest BCUT2D eigenvalue weighted by Crippen LogP contribution is 2.53. The number of piperidine rings is 1. The van der Waals surface area contributed by atoms with Crippen molar-refractivity contribution in [3.63, 3.8) is 0 Å². The molecule has 0 saturated carbocycles. The maximum atomic E-state index is 2.89. The van der Waals surface area contributed by atoms with E-state index in [0.29, 0.717) is 11.8 Å². The van der Waals surface area contributed by atoms with E-state index in [1.54, 1.807) is 11.1 Å². The molecule has 20 heavy (non-hydrogen) atoms. The fourth-order valence-electron chi connectivity index (χ4n) is 4.17. The summed E-state index contributed by atoms with van der Waals surface area (Å²) in [6, 6.07) is 20.2. The molecule has 1 nitrogen and oxygen atoms in total. The Hall–Kier alpha value is -1.17. The third-order valence-electron chi connectivity index (χ3n) is 5.02. The largest absolute Gasteiger partial charge is 0.287 e. The van der Waals surface area contributed by atoms with E-state index in [1.807, 2.05) is 0 Å². The molecule has 0 amide bonds. The summed E-state index contributed by atoms with van der Waals surface area (Å²) < 4.78 is 2.41. The maximum absolute atomic E-state index is 2.89. The molecule has 4 unspecified atom stereocenters. The van der Waals surface area contributed by atoms with Crippen molar-refractivity contribution < 1.29 is 0 Å². The number of nitrogens with zero attached hydrogens (tertiary/aromatic N) is 1. The van der Waals surface area contributed by atoms with Gasteiger partial charge in [0.2, 0.25) is 0 Å². The summed E-state index contributed by atoms with van der Waals surface area (Å²) in [6.07, 6.45) is 1.29. The molecule has 1 heterocycles. The van der Waals surface area contributed by atoms with Gasteiger partial charge in [0.05, 0.1) is 0 Å². The zero-order valence-electron chi connectivity index (χ0n) is 11.6. The van der Waals surface area contributed by atoms with Crippen LogP contribution in [0.3, 0.4) is 0 Å². The number of hydrogen-bond acceptors (Lipinski definition) is 1. The molecule has 2 aromatic rings. The van der Waals surface area contributed by atoms with Crippen molar-refractivity contribution >= 4 is 9.39 Å². The summed E-state index contributed by atoms with van der Waals surface area (Å²) >= 11 is 0. The predicted molar refractivity (Wildman–Crippen MR) is 86.9 cm³/mol. The Morgan fingerprint density at radius 3 is 2.40 bits per heavy atom. The molecule has 1 aliphatic carbocycles. The first-order chi connectivity index (χ1) is 9.84. The molecule has 0 bridgehead atoms.